The first-order chi connectivity index (χ1) is 9.65. The molecular weight excluding hydrogens is 264 g/mol. The molecule has 1 aromatic rings. The second-order valence-corrected chi connectivity index (χ2v) is 5.42. The lowest BCUT2D eigenvalue weighted by atomic mass is 9.96. The molecule has 1 saturated heterocycles. The van der Waals surface area contributed by atoms with E-state index >= 15 is 0 Å². The molecule has 6 heteroatoms. The number of rotatable bonds is 2. The summed E-state index contributed by atoms with van der Waals surface area (Å²) in [6, 6.07) is 0. The van der Waals surface area contributed by atoms with E-state index in [0.717, 1.165) is 48.6 Å². The van der Waals surface area contributed by atoms with Gasteiger partial charge in [-0.3, -0.25) is 0 Å². The van der Waals surface area contributed by atoms with Crippen molar-refractivity contribution in [2.24, 2.45) is 0 Å². The number of anilines is 1. The van der Waals surface area contributed by atoms with Crippen molar-refractivity contribution in [1.82, 2.24) is 9.97 Å². The lowest BCUT2D eigenvalue weighted by Gasteiger charge is -2.35. The summed E-state index contributed by atoms with van der Waals surface area (Å²) >= 11 is 0. The maximum Gasteiger partial charge on any atom is 0.266 e. The van der Waals surface area contributed by atoms with Crippen LogP contribution in [0.1, 0.15) is 29.9 Å². The molecule has 3 rings (SSSR count). The van der Waals surface area contributed by atoms with Gasteiger partial charge in [-0.05, 0) is 32.6 Å². The van der Waals surface area contributed by atoms with Crippen molar-refractivity contribution in [3.63, 3.8) is 0 Å². The molecule has 0 spiro atoms. The maximum atomic E-state index is 12.8. The number of halogens is 2. The van der Waals surface area contributed by atoms with Crippen LogP contribution < -0.4 is 4.90 Å². The molecule has 20 heavy (non-hydrogen) atoms. The van der Waals surface area contributed by atoms with Gasteiger partial charge in [-0.1, -0.05) is 0 Å². The molecule has 1 aliphatic heterocycles. The third-order valence-corrected chi connectivity index (χ3v) is 3.95. The van der Waals surface area contributed by atoms with E-state index < -0.39 is 12.5 Å². The van der Waals surface area contributed by atoms with Crippen LogP contribution in [0, 0.1) is 6.92 Å². The van der Waals surface area contributed by atoms with E-state index in [9.17, 15) is 8.78 Å². The van der Waals surface area contributed by atoms with Gasteiger partial charge < -0.3 is 9.64 Å². The summed E-state index contributed by atoms with van der Waals surface area (Å²) in [5.41, 5.74) is 2.25. The summed E-state index contributed by atoms with van der Waals surface area (Å²) in [7, 11) is 0. The Bertz CT molecular complexity index is 496. The molecule has 0 N–H and O–H groups in total. The van der Waals surface area contributed by atoms with Crippen LogP contribution in [-0.4, -0.2) is 42.2 Å². The fraction of sp³-hybridized carbons (Fsp3) is 0.714. The molecule has 0 radical (unpaired) electrons. The molecule has 2 aliphatic rings. The third kappa shape index (κ3) is 2.61. The summed E-state index contributed by atoms with van der Waals surface area (Å²) in [6.45, 7) is 3.02. The maximum absolute atomic E-state index is 12.8. The van der Waals surface area contributed by atoms with E-state index in [0.29, 0.717) is 13.2 Å². The highest BCUT2D eigenvalue weighted by Crippen LogP contribution is 2.29. The van der Waals surface area contributed by atoms with Crippen LogP contribution in [-0.2, 0) is 17.6 Å². The Morgan fingerprint density at radius 2 is 2.05 bits per heavy atom. The van der Waals surface area contributed by atoms with E-state index in [-0.39, 0.29) is 6.54 Å². The van der Waals surface area contributed by atoms with Crippen LogP contribution >= 0.6 is 0 Å². The number of fused-ring (bicyclic) bond motifs is 1. The fourth-order valence-electron chi connectivity index (χ4n) is 2.98. The first-order valence-electron chi connectivity index (χ1n) is 7.16. The Kier molecular flexibility index (Phi) is 3.83. The summed E-state index contributed by atoms with van der Waals surface area (Å²) in [6.07, 6.45) is 0.714. The van der Waals surface area contributed by atoms with Gasteiger partial charge in [0.25, 0.3) is 6.43 Å². The molecule has 4 nitrogen and oxygen atoms in total. The molecule has 0 saturated carbocycles. The van der Waals surface area contributed by atoms with Gasteiger partial charge in [-0.2, -0.15) is 0 Å². The summed E-state index contributed by atoms with van der Waals surface area (Å²) < 4.78 is 30.8. The predicted molar refractivity (Wildman–Crippen MR) is 71.4 cm³/mol. The number of hydrogen-bond acceptors (Lipinski definition) is 4. The average molecular weight is 283 g/mol. The average Bonchev–Trinajstić information content (AvgIpc) is 2.46. The normalized spacial score (nSPS) is 23.0. The quantitative estimate of drug-likeness (QED) is 0.833. The SMILES string of the molecule is Cc1nc2c(c(N3CCO[C@H](C(F)F)C3)n1)CCCC2. The van der Waals surface area contributed by atoms with Crippen LogP contribution in [0.2, 0.25) is 0 Å². The van der Waals surface area contributed by atoms with E-state index in [4.69, 9.17) is 4.74 Å². The van der Waals surface area contributed by atoms with Crippen molar-refractivity contribution in [3.8, 4) is 0 Å². The molecule has 0 unspecified atom stereocenters. The van der Waals surface area contributed by atoms with Gasteiger partial charge >= 0.3 is 0 Å². The zero-order valence-corrected chi connectivity index (χ0v) is 11.6. The lowest BCUT2D eigenvalue weighted by molar-refractivity contribution is -0.0616. The highest BCUT2D eigenvalue weighted by Gasteiger charge is 2.30. The fourth-order valence-corrected chi connectivity index (χ4v) is 2.98. The number of aromatic nitrogens is 2. The van der Waals surface area contributed by atoms with E-state index in [1.165, 1.54) is 0 Å². The first-order valence-corrected chi connectivity index (χ1v) is 7.16. The molecule has 1 fully saturated rings. The van der Waals surface area contributed by atoms with Crippen molar-refractivity contribution in [3.05, 3.63) is 17.1 Å². The van der Waals surface area contributed by atoms with Gasteiger partial charge in [0.05, 0.1) is 13.2 Å². The molecule has 110 valence electrons. The standard InChI is InChI=1S/C14H19F2N3O/c1-9-17-11-5-3-2-4-10(11)14(18-9)19-6-7-20-12(8-19)13(15)16/h12-13H,2-8H2,1H3/t12-/m0/s1. The number of hydrogen-bond donors (Lipinski definition) is 0. The van der Waals surface area contributed by atoms with Crippen molar-refractivity contribution in [2.75, 3.05) is 24.6 Å². The largest absolute Gasteiger partial charge is 0.369 e. The van der Waals surface area contributed by atoms with E-state index in [1.807, 2.05) is 11.8 Å². The van der Waals surface area contributed by atoms with E-state index in [1.54, 1.807) is 0 Å². The van der Waals surface area contributed by atoms with Gasteiger partial charge in [-0.15, -0.1) is 0 Å². The van der Waals surface area contributed by atoms with Crippen molar-refractivity contribution >= 4 is 5.82 Å². The molecule has 0 bridgehead atoms. The number of ether oxygens (including phenoxy) is 1. The Morgan fingerprint density at radius 1 is 1.25 bits per heavy atom. The number of nitrogens with zero attached hydrogens (tertiary/aromatic N) is 3. The minimum Gasteiger partial charge on any atom is -0.369 e. The monoisotopic (exact) mass is 283 g/mol. The molecule has 0 aromatic carbocycles. The third-order valence-electron chi connectivity index (χ3n) is 3.95. The van der Waals surface area contributed by atoms with Crippen molar-refractivity contribution in [1.29, 1.82) is 0 Å². The highest BCUT2D eigenvalue weighted by molar-refractivity contribution is 5.50. The zero-order chi connectivity index (χ0) is 14.1. The summed E-state index contributed by atoms with van der Waals surface area (Å²) in [5, 5.41) is 0. The molecule has 1 aromatic heterocycles. The Labute approximate surface area is 117 Å². The second-order valence-electron chi connectivity index (χ2n) is 5.42. The van der Waals surface area contributed by atoms with Crippen molar-refractivity contribution < 1.29 is 13.5 Å². The van der Waals surface area contributed by atoms with Gasteiger partial charge in [-0.25, -0.2) is 18.7 Å². The predicted octanol–water partition coefficient (Wildman–Crippen LogP) is 2.13. The summed E-state index contributed by atoms with van der Waals surface area (Å²) in [4.78, 5) is 11.0. The second kappa shape index (κ2) is 5.60. The smallest absolute Gasteiger partial charge is 0.266 e. The minimum atomic E-state index is -2.45. The van der Waals surface area contributed by atoms with Crippen LogP contribution in [0.25, 0.3) is 0 Å². The van der Waals surface area contributed by atoms with Gasteiger partial charge in [0.1, 0.15) is 17.7 Å². The number of aryl methyl sites for hydroxylation is 2. The number of morpholine rings is 1. The molecular formula is C14H19F2N3O. The Hall–Kier alpha value is -1.30. The van der Waals surface area contributed by atoms with Crippen LogP contribution in [0.15, 0.2) is 0 Å². The van der Waals surface area contributed by atoms with Gasteiger partial charge in [0.2, 0.25) is 0 Å². The van der Waals surface area contributed by atoms with Gasteiger partial charge in [0, 0.05) is 17.8 Å². The van der Waals surface area contributed by atoms with Crippen molar-refractivity contribution in [2.45, 2.75) is 45.1 Å². The Morgan fingerprint density at radius 3 is 2.85 bits per heavy atom. The van der Waals surface area contributed by atoms with Crippen LogP contribution in [0.4, 0.5) is 14.6 Å². The topological polar surface area (TPSA) is 38.2 Å². The zero-order valence-electron chi connectivity index (χ0n) is 11.6. The van der Waals surface area contributed by atoms with Gasteiger partial charge in [0.15, 0.2) is 0 Å². The molecule has 2 heterocycles. The highest BCUT2D eigenvalue weighted by atomic mass is 19.3. The van der Waals surface area contributed by atoms with Crippen LogP contribution in [0.5, 0.6) is 0 Å². The molecule has 1 atom stereocenters. The lowest BCUT2D eigenvalue weighted by Crippen LogP contribution is -2.46. The summed E-state index contributed by atoms with van der Waals surface area (Å²) in [5.74, 6) is 1.57. The molecule has 0 amide bonds. The number of alkyl halides is 2. The van der Waals surface area contributed by atoms with Crippen LogP contribution in [0.3, 0.4) is 0 Å². The Balaban J connectivity index is 1.91. The minimum absolute atomic E-state index is 0.209. The van der Waals surface area contributed by atoms with E-state index in [2.05, 4.69) is 9.97 Å². The molecule has 1 aliphatic carbocycles. The first kappa shape index (κ1) is 13.7.